The van der Waals surface area contributed by atoms with Crippen LogP contribution in [-0.2, 0) is 9.53 Å². The second kappa shape index (κ2) is 6.99. The summed E-state index contributed by atoms with van der Waals surface area (Å²) < 4.78 is 5.18. The Balaban J connectivity index is 3.38. The SMILES string of the molecule is CCOCCCC(=O)CCC(C)(C)C. The van der Waals surface area contributed by atoms with Gasteiger partial charge in [0.15, 0.2) is 0 Å². The number of Topliss-reactive ketones (excluding diaryl/α,β-unsaturated/α-hetero) is 1. The first-order valence-corrected chi connectivity index (χ1v) is 5.55. The molecule has 84 valence electrons. The molecule has 0 aliphatic rings. The van der Waals surface area contributed by atoms with Gasteiger partial charge in [-0.1, -0.05) is 20.8 Å². The van der Waals surface area contributed by atoms with Gasteiger partial charge in [0.25, 0.3) is 0 Å². The summed E-state index contributed by atoms with van der Waals surface area (Å²) in [7, 11) is 0. The highest BCUT2D eigenvalue weighted by atomic mass is 16.5. The molecule has 0 saturated heterocycles. The van der Waals surface area contributed by atoms with Gasteiger partial charge in [0.1, 0.15) is 5.78 Å². The Labute approximate surface area is 88.0 Å². The number of hydrogen-bond acceptors (Lipinski definition) is 2. The molecule has 0 amide bonds. The third kappa shape index (κ3) is 9.72. The van der Waals surface area contributed by atoms with Gasteiger partial charge >= 0.3 is 0 Å². The first-order chi connectivity index (χ1) is 6.45. The molecule has 0 radical (unpaired) electrons. The normalized spacial score (nSPS) is 11.7. The number of hydrogen-bond donors (Lipinski definition) is 0. The van der Waals surface area contributed by atoms with E-state index in [9.17, 15) is 4.79 Å². The Morgan fingerprint density at radius 3 is 2.36 bits per heavy atom. The van der Waals surface area contributed by atoms with E-state index >= 15 is 0 Å². The van der Waals surface area contributed by atoms with Gasteiger partial charge < -0.3 is 4.74 Å². The van der Waals surface area contributed by atoms with Crippen molar-refractivity contribution in [3.05, 3.63) is 0 Å². The molecule has 0 N–H and O–H groups in total. The minimum atomic E-state index is 0.273. The standard InChI is InChI=1S/C12H24O2/c1-5-14-10-6-7-11(13)8-9-12(2,3)4/h5-10H2,1-4H3. The lowest BCUT2D eigenvalue weighted by Crippen LogP contribution is -2.09. The summed E-state index contributed by atoms with van der Waals surface area (Å²) in [5, 5.41) is 0. The first-order valence-electron chi connectivity index (χ1n) is 5.55. The van der Waals surface area contributed by atoms with Crippen LogP contribution in [0.4, 0.5) is 0 Å². The molecule has 0 unspecified atom stereocenters. The Morgan fingerprint density at radius 1 is 1.21 bits per heavy atom. The zero-order chi connectivity index (χ0) is 11.0. The zero-order valence-corrected chi connectivity index (χ0v) is 10.1. The fourth-order valence-corrected chi connectivity index (χ4v) is 1.16. The number of rotatable bonds is 7. The molecule has 2 heteroatoms. The van der Waals surface area contributed by atoms with Crippen molar-refractivity contribution in [2.24, 2.45) is 5.41 Å². The molecule has 0 spiro atoms. The summed E-state index contributed by atoms with van der Waals surface area (Å²) in [6.07, 6.45) is 3.25. The molecule has 0 bridgehead atoms. The van der Waals surface area contributed by atoms with Gasteiger partial charge in [-0.05, 0) is 25.2 Å². The molecule has 0 saturated carbocycles. The van der Waals surface area contributed by atoms with E-state index in [1.54, 1.807) is 0 Å². The van der Waals surface area contributed by atoms with Gasteiger partial charge in [-0.3, -0.25) is 4.79 Å². The van der Waals surface area contributed by atoms with Crippen LogP contribution in [0.25, 0.3) is 0 Å². The number of ether oxygens (including phenoxy) is 1. The van der Waals surface area contributed by atoms with Crippen molar-refractivity contribution >= 4 is 5.78 Å². The van der Waals surface area contributed by atoms with Gasteiger partial charge in [-0.2, -0.15) is 0 Å². The van der Waals surface area contributed by atoms with Crippen LogP contribution < -0.4 is 0 Å². The summed E-state index contributed by atoms with van der Waals surface area (Å²) in [5.74, 6) is 0.375. The first kappa shape index (κ1) is 13.6. The lowest BCUT2D eigenvalue weighted by molar-refractivity contribution is -0.119. The average Bonchev–Trinajstić information content (AvgIpc) is 2.08. The minimum Gasteiger partial charge on any atom is -0.382 e. The van der Waals surface area contributed by atoms with Crippen molar-refractivity contribution in [1.29, 1.82) is 0 Å². The fraction of sp³-hybridized carbons (Fsp3) is 0.917. The van der Waals surface area contributed by atoms with Gasteiger partial charge in [-0.25, -0.2) is 0 Å². The zero-order valence-electron chi connectivity index (χ0n) is 10.1. The van der Waals surface area contributed by atoms with E-state index in [2.05, 4.69) is 20.8 Å². The third-order valence-corrected chi connectivity index (χ3v) is 2.10. The van der Waals surface area contributed by atoms with E-state index in [1.165, 1.54) is 0 Å². The van der Waals surface area contributed by atoms with Crippen LogP contribution >= 0.6 is 0 Å². The Morgan fingerprint density at radius 2 is 1.86 bits per heavy atom. The Hall–Kier alpha value is -0.370. The quantitative estimate of drug-likeness (QED) is 0.590. The van der Waals surface area contributed by atoms with E-state index in [-0.39, 0.29) is 5.41 Å². The monoisotopic (exact) mass is 200 g/mol. The van der Waals surface area contributed by atoms with Crippen LogP contribution in [0, 0.1) is 5.41 Å². The van der Waals surface area contributed by atoms with Crippen molar-refractivity contribution in [3.8, 4) is 0 Å². The molecular weight excluding hydrogens is 176 g/mol. The van der Waals surface area contributed by atoms with E-state index in [0.717, 1.165) is 32.5 Å². The van der Waals surface area contributed by atoms with Gasteiger partial charge in [0.2, 0.25) is 0 Å². The second-order valence-electron chi connectivity index (χ2n) is 4.90. The van der Waals surface area contributed by atoms with Crippen LogP contribution in [0.3, 0.4) is 0 Å². The Kier molecular flexibility index (Phi) is 6.81. The largest absolute Gasteiger partial charge is 0.382 e. The van der Waals surface area contributed by atoms with Crippen LogP contribution in [-0.4, -0.2) is 19.0 Å². The van der Waals surface area contributed by atoms with E-state index in [1.807, 2.05) is 6.92 Å². The molecule has 0 aromatic carbocycles. The molecular formula is C12H24O2. The van der Waals surface area contributed by atoms with Gasteiger partial charge in [0, 0.05) is 26.1 Å². The third-order valence-electron chi connectivity index (χ3n) is 2.10. The Bertz CT molecular complexity index is 156. The highest BCUT2D eigenvalue weighted by Gasteiger charge is 2.12. The maximum atomic E-state index is 11.4. The minimum absolute atomic E-state index is 0.273. The average molecular weight is 200 g/mol. The van der Waals surface area contributed by atoms with Crippen LogP contribution in [0.15, 0.2) is 0 Å². The van der Waals surface area contributed by atoms with E-state index in [0.29, 0.717) is 12.2 Å². The van der Waals surface area contributed by atoms with Gasteiger partial charge in [0.05, 0.1) is 0 Å². The van der Waals surface area contributed by atoms with E-state index in [4.69, 9.17) is 4.74 Å². The van der Waals surface area contributed by atoms with Crippen molar-refractivity contribution in [3.63, 3.8) is 0 Å². The predicted molar refractivity (Wildman–Crippen MR) is 59.4 cm³/mol. The molecule has 0 heterocycles. The lowest BCUT2D eigenvalue weighted by atomic mass is 9.89. The fourth-order valence-electron chi connectivity index (χ4n) is 1.16. The maximum Gasteiger partial charge on any atom is 0.133 e. The van der Waals surface area contributed by atoms with Crippen molar-refractivity contribution < 1.29 is 9.53 Å². The summed E-state index contributed by atoms with van der Waals surface area (Å²) in [5.41, 5.74) is 0.273. The summed E-state index contributed by atoms with van der Waals surface area (Å²) in [6.45, 7) is 9.94. The summed E-state index contributed by atoms with van der Waals surface area (Å²) in [4.78, 5) is 11.4. The van der Waals surface area contributed by atoms with Crippen molar-refractivity contribution in [2.45, 2.75) is 53.4 Å². The molecule has 0 aromatic rings. The highest BCUT2D eigenvalue weighted by Crippen LogP contribution is 2.21. The molecule has 0 fully saturated rings. The van der Waals surface area contributed by atoms with Crippen LogP contribution in [0.5, 0.6) is 0 Å². The van der Waals surface area contributed by atoms with E-state index < -0.39 is 0 Å². The molecule has 2 nitrogen and oxygen atoms in total. The summed E-state index contributed by atoms with van der Waals surface area (Å²) in [6, 6.07) is 0. The number of carbonyl (C=O) groups is 1. The molecule has 14 heavy (non-hydrogen) atoms. The second-order valence-corrected chi connectivity index (χ2v) is 4.90. The molecule has 0 atom stereocenters. The maximum absolute atomic E-state index is 11.4. The van der Waals surface area contributed by atoms with Crippen molar-refractivity contribution in [2.75, 3.05) is 13.2 Å². The molecule has 0 aromatic heterocycles. The molecule has 0 aliphatic heterocycles. The van der Waals surface area contributed by atoms with Crippen LogP contribution in [0.1, 0.15) is 53.4 Å². The molecule has 0 rings (SSSR count). The lowest BCUT2D eigenvalue weighted by Gasteiger charge is -2.16. The summed E-state index contributed by atoms with van der Waals surface area (Å²) >= 11 is 0. The number of ketones is 1. The highest BCUT2D eigenvalue weighted by molar-refractivity contribution is 5.78. The van der Waals surface area contributed by atoms with Gasteiger partial charge in [-0.15, -0.1) is 0 Å². The predicted octanol–water partition coefficient (Wildman–Crippen LogP) is 3.20. The topological polar surface area (TPSA) is 26.3 Å². The number of carbonyl (C=O) groups excluding carboxylic acids is 1. The molecule has 0 aliphatic carbocycles. The van der Waals surface area contributed by atoms with Crippen molar-refractivity contribution in [1.82, 2.24) is 0 Å². The van der Waals surface area contributed by atoms with Crippen LogP contribution in [0.2, 0.25) is 0 Å². The smallest absolute Gasteiger partial charge is 0.133 e.